The molecule has 1 saturated heterocycles. The molecule has 34 heavy (non-hydrogen) atoms. The van der Waals surface area contributed by atoms with Crippen LogP contribution in [0.4, 0.5) is 0 Å². The van der Waals surface area contributed by atoms with E-state index in [-0.39, 0.29) is 29.7 Å². The average molecular weight is 464 g/mol. The molecule has 1 fully saturated rings. The number of aryl methyl sites for hydroxylation is 2. The van der Waals surface area contributed by atoms with Crippen LogP contribution in [0.25, 0.3) is 0 Å². The Morgan fingerprint density at radius 3 is 2.24 bits per heavy atom. The van der Waals surface area contributed by atoms with E-state index >= 15 is 0 Å². The second-order valence-corrected chi connectivity index (χ2v) is 9.34. The molecule has 1 aliphatic heterocycles. The predicted octanol–water partition coefficient (Wildman–Crippen LogP) is 3.88. The molecule has 3 rings (SSSR count). The highest BCUT2D eigenvalue weighted by Gasteiger charge is 2.34. The van der Waals surface area contributed by atoms with Gasteiger partial charge in [-0.05, 0) is 63.1 Å². The van der Waals surface area contributed by atoms with Crippen LogP contribution < -0.4 is 10.6 Å². The number of nitrogens with one attached hydrogen (secondary N) is 2. The highest BCUT2D eigenvalue weighted by molar-refractivity contribution is 5.97. The number of carbonyl (C=O) groups excluding carboxylic acids is 3. The Morgan fingerprint density at radius 2 is 1.62 bits per heavy atom. The first kappa shape index (κ1) is 25.5. The van der Waals surface area contributed by atoms with E-state index in [1.165, 1.54) is 0 Å². The summed E-state index contributed by atoms with van der Waals surface area (Å²) in [6, 6.07) is 16.8. The van der Waals surface area contributed by atoms with E-state index < -0.39 is 6.04 Å². The highest BCUT2D eigenvalue weighted by Crippen LogP contribution is 2.23. The Kier molecular flexibility index (Phi) is 9.25. The molecule has 0 aliphatic carbocycles. The highest BCUT2D eigenvalue weighted by atomic mass is 16.2. The van der Waals surface area contributed by atoms with Gasteiger partial charge in [0.15, 0.2) is 0 Å². The molecule has 0 saturated carbocycles. The van der Waals surface area contributed by atoms with Gasteiger partial charge in [0.05, 0.1) is 0 Å². The van der Waals surface area contributed by atoms with Gasteiger partial charge in [0, 0.05) is 31.1 Å². The summed E-state index contributed by atoms with van der Waals surface area (Å²) in [5.41, 5.74) is 2.78. The number of benzene rings is 2. The molecule has 0 spiro atoms. The van der Waals surface area contributed by atoms with E-state index in [4.69, 9.17) is 0 Å². The molecule has 0 aromatic heterocycles. The monoisotopic (exact) mass is 463 g/mol. The van der Waals surface area contributed by atoms with Crippen molar-refractivity contribution in [2.75, 3.05) is 13.1 Å². The number of likely N-dealkylation sites (tertiary alicyclic amines) is 1. The van der Waals surface area contributed by atoms with Crippen molar-refractivity contribution in [2.24, 2.45) is 5.92 Å². The maximum absolute atomic E-state index is 13.1. The first-order chi connectivity index (χ1) is 16.4. The molecule has 3 amide bonds. The Hall–Kier alpha value is -3.15. The van der Waals surface area contributed by atoms with Crippen LogP contribution in [0.15, 0.2) is 54.6 Å². The van der Waals surface area contributed by atoms with Gasteiger partial charge in [-0.15, -0.1) is 0 Å². The van der Waals surface area contributed by atoms with Crippen LogP contribution in [0.3, 0.4) is 0 Å². The Balaban J connectivity index is 1.61. The van der Waals surface area contributed by atoms with Gasteiger partial charge in [-0.3, -0.25) is 14.4 Å². The first-order valence-corrected chi connectivity index (χ1v) is 12.4. The SMILES string of the molecule is CC[C@H](C)NC(=O)[C@H](NC(=O)c1ccc(C)cc1)C1CCN(C(=O)CCc2ccccc2)CC1. The Morgan fingerprint density at radius 1 is 0.971 bits per heavy atom. The predicted molar refractivity (Wildman–Crippen MR) is 134 cm³/mol. The van der Waals surface area contributed by atoms with E-state index in [9.17, 15) is 14.4 Å². The third-order valence-corrected chi connectivity index (χ3v) is 6.72. The van der Waals surface area contributed by atoms with E-state index in [0.29, 0.717) is 37.9 Å². The number of piperidine rings is 1. The third kappa shape index (κ3) is 7.17. The first-order valence-electron chi connectivity index (χ1n) is 12.4. The minimum absolute atomic E-state index is 0.0170. The fraction of sp³-hybridized carbons (Fsp3) is 0.464. The van der Waals surface area contributed by atoms with Crippen LogP contribution in [0.5, 0.6) is 0 Å². The van der Waals surface area contributed by atoms with Crippen molar-refractivity contribution in [2.45, 2.75) is 65.0 Å². The molecule has 182 valence electrons. The zero-order valence-corrected chi connectivity index (χ0v) is 20.5. The molecule has 0 radical (unpaired) electrons. The number of nitrogens with zero attached hydrogens (tertiary/aromatic N) is 1. The number of carbonyl (C=O) groups is 3. The molecule has 0 bridgehead atoms. The van der Waals surface area contributed by atoms with Crippen molar-refractivity contribution in [1.82, 2.24) is 15.5 Å². The van der Waals surface area contributed by atoms with Crippen LogP contribution in [0.2, 0.25) is 0 Å². The van der Waals surface area contributed by atoms with Gasteiger partial charge >= 0.3 is 0 Å². The summed E-state index contributed by atoms with van der Waals surface area (Å²) in [5, 5.41) is 6.02. The lowest BCUT2D eigenvalue weighted by Gasteiger charge is -2.36. The lowest BCUT2D eigenvalue weighted by Crippen LogP contribution is -2.55. The summed E-state index contributed by atoms with van der Waals surface area (Å²) in [7, 11) is 0. The van der Waals surface area contributed by atoms with Crippen LogP contribution in [-0.4, -0.2) is 47.8 Å². The Labute approximate surface area is 203 Å². The minimum atomic E-state index is -0.621. The van der Waals surface area contributed by atoms with Crippen molar-refractivity contribution in [3.8, 4) is 0 Å². The molecule has 1 heterocycles. The van der Waals surface area contributed by atoms with Gasteiger partial charge < -0.3 is 15.5 Å². The molecule has 2 aromatic rings. The van der Waals surface area contributed by atoms with Crippen LogP contribution in [-0.2, 0) is 16.0 Å². The summed E-state index contributed by atoms with van der Waals surface area (Å²) < 4.78 is 0. The molecule has 0 unspecified atom stereocenters. The number of rotatable bonds is 9. The largest absolute Gasteiger partial charge is 0.352 e. The quantitative estimate of drug-likeness (QED) is 0.592. The summed E-state index contributed by atoms with van der Waals surface area (Å²) in [5.74, 6) is -0.266. The second kappa shape index (κ2) is 12.4. The minimum Gasteiger partial charge on any atom is -0.352 e. The average Bonchev–Trinajstić information content (AvgIpc) is 2.86. The third-order valence-electron chi connectivity index (χ3n) is 6.72. The molecule has 6 heteroatoms. The van der Waals surface area contributed by atoms with Crippen LogP contribution >= 0.6 is 0 Å². The summed E-state index contributed by atoms with van der Waals surface area (Å²) in [6.45, 7) is 7.16. The van der Waals surface area contributed by atoms with Crippen molar-refractivity contribution in [1.29, 1.82) is 0 Å². The van der Waals surface area contributed by atoms with Gasteiger partial charge in [0.2, 0.25) is 11.8 Å². The topological polar surface area (TPSA) is 78.5 Å². The zero-order chi connectivity index (χ0) is 24.5. The van der Waals surface area contributed by atoms with Gasteiger partial charge in [-0.25, -0.2) is 0 Å². The normalized spacial score (nSPS) is 15.9. The van der Waals surface area contributed by atoms with Crippen LogP contribution in [0, 0.1) is 12.8 Å². The van der Waals surface area contributed by atoms with E-state index in [0.717, 1.165) is 24.0 Å². The molecule has 2 aromatic carbocycles. The second-order valence-electron chi connectivity index (χ2n) is 9.34. The summed E-state index contributed by atoms with van der Waals surface area (Å²) in [6.07, 6.45) is 3.40. The van der Waals surface area contributed by atoms with E-state index in [1.54, 1.807) is 12.1 Å². The molecule has 6 nitrogen and oxygen atoms in total. The van der Waals surface area contributed by atoms with Crippen molar-refractivity contribution >= 4 is 17.7 Å². The maximum Gasteiger partial charge on any atom is 0.251 e. The molecular weight excluding hydrogens is 426 g/mol. The standard InChI is InChI=1S/C28H37N3O3/c1-4-21(3)29-28(34)26(30-27(33)24-13-10-20(2)11-14-24)23-16-18-31(19-17-23)25(32)15-12-22-8-6-5-7-9-22/h5-11,13-14,21,23,26H,4,12,15-19H2,1-3H3,(H,29,34)(H,30,33)/t21-,26+/m0/s1. The molecular formula is C28H37N3O3. The summed E-state index contributed by atoms with van der Waals surface area (Å²) in [4.78, 5) is 40.6. The van der Waals surface area contributed by atoms with Crippen molar-refractivity contribution < 1.29 is 14.4 Å². The fourth-order valence-corrected chi connectivity index (χ4v) is 4.30. The van der Waals surface area contributed by atoms with Gasteiger partial charge in [0.1, 0.15) is 6.04 Å². The number of hydrogen-bond donors (Lipinski definition) is 2. The van der Waals surface area contributed by atoms with E-state index in [2.05, 4.69) is 10.6 Å². The smallest absolute Gasteiger partial charge is 0.251 e. The zero-order valence-electron chi connectivity index (χ0n) is 20.5. The van der Waals surface area contributed by atoms with Crippen molar-refractivity contribution in [3.63, 3.8) is 0 Å². The fourth-order valence-electron chi connectivity index (χ4n) is 4.30. The lowest BCUT2D eigenvalue weighted by molar-refractivity contribution is -0.133. The van der Waals surface area contributed by atoms with Crippen LogP contribution in [0.1, 0.15) is 61.0 Å². The van der Waals surface area contributed by atoms with Gasteiger partial charge in [0.25, 0.3) is 5.91 Å². The number of hydrogen-bond acceptors (Lipinski definition) is 3. The molecule has 2 N–H and O–H groups in total. The summed E-state index contributed by atoms with van der Waals surface area (Å²) >= 11 is 0. The van der Waals surface area contributed by atoms with Gasteiger partial charge in [-0.1, -0.05) is 55.0 Å². The lowest BCUT2D eigenvalue weighted by atomic mass is 9.88. The Bertz CT molecular complexity index is 951. The molecule has 1 aliphatic rings. The van der Waals surface area contributed by atoms with Crippen molar-refractivity contribution in [3.05, 3.63) is 71.3 Å². The van der Waals surface area contributed by atoms with Gasteiger partial charge in [-0.2, -0.15) is 0 Å². The number of amides is 3. The molecule has 2 atom stereocenters. The maximum atomic E-state index is 13.1. The van der Waals surface area contributed by atoms with E-state index in [1.807, 2.05) is 68.1 Å².